The first-order valence-electron chi connectivity index (χ1n) is 14.0. The molecular formula is C31H27N5O10S2. The summed E-state index contributed by atoms with van der Waals surface area (Å²) < 4.78 is 66.8. The van der Waals surface area contributed by atoms with Crippen LogP contribution in [-0.2, 0) is 34.6 Å². The van der Waals surface area contributed by atoms with Gasteiger partial charge in [0.25, 0.3) is 32.1 Å². The summed E-state index contributed by atoms with van der Waals surface area (Å²) in [6, 6.07) is 13.5. The zero-order chi connectivity index (χ0) is 35.1. The van der Waals surface area contributed by atoms with E-state index in [1.54, 1.807) is 31.2 Å². The second-order valence-corrected chi connectivity index (χ2v) is 13.6. The topological polar surface area (TPSA) is 246 Å². The number of aryl methyl sites for hydroxylation is 2. The van der Waals surface area contributed by atoms with Crippen molar-refractivity contribution in [1.82, 2.24) is 4.90 Å². The summed E-state index contributed by atoms with van der Waals surface area (Å²) in [5.74, 6) is -2.01. The van der Waals surface area contributed by atoms with Crippen molar-refractivity contribution in [3.8, 4) is 16.9 Å². The minimum Gasteiger partial charge on any atom is -0.505 e. The highest BCUT2D eigenvalue weighted by atomic mass is 32.2. The number of phenols is 1. The molecule has 3 amide bonds. The number of imide groups is 1. The lowest BCUT2D eigenvalue weighted by molar-refractivity contribution is -0.137. The number of carbonyl (C=O) groups is 3. The van der Waals surface area contributed by atoms with E-state index in [2.05, 4.69) is 15.5 Å². The number of hydrogen-bond acceptors (Lipinski definition) is 11. The zero-order valence-corrected chi connectivity index (χ0v) is 26.8. The Kier molecular flexibility index (Phi) is 8.89. The van der Waals surface area contributed by atoms with E-state index in [4.69, 9.17) is 5.73 Å². The van der Waals surface area contributed by atoms with Crippen molar-refractivity contribution in [2.75, 3.05) is 17.6 Å². The third-order valence-corrected chi connectivity index (χ3v) is 9.32. The molecule has 0 spiro atoms. The molecule has 0 fully saturated rings. The van der Waals surface area contributed by atoms with Gasteiger partial charge in [0.2, 0.25) is 5.91 Å². The smallest absolute Gasteiger partial charge is 0.296 e. The van der Waals surface area contributed by atoms with Crippen LogP contribution in [-0.4, -0.2) is 60.2 Å². The van der Waals surface area contributed by atoms with Gasteiger partial charge in [-0.2, -0.15) is 21.9 Å². The van der Waals surface area contributed by atoms with Crippen molar-refractivity contribution in [3.05, 3.63) is 77.9 Å². The molecule has 1 heterocycles. The second kappa shape index (κ2) is 12.6. The average Bonchev–Trinajstić information content (AvgIpc) is 3.32. The van der Waals surface area contributed by atoms with E-state index >= 15 is 0 Å². The van der Waals surface area contributed by atoms with E-state index in [0.717, 1.165) is 39.8 Å². The first-order chi connectivity index (χ1) is 22.5. The van der Waals surface area contributed by atoms with Crippen LogP contribution in [0.15, 0.2) is 86.8 Å². The number of aromatic hydroxyl groups is 1. The van der Waals surface area contributed by atoms with Gasteiger partial charge in [-0.15, -0.1) is 5.11 Å². The molecule has 0 saturated carbocycles. The van der Waals surface area contributed by atoms with Gasteiger partial charge in [0.1, 0.15) is 15.5 Å². The molecule has 0 atom stereocenters. The lowest BCUT2D eigenvalue weighted by atomic mass is 10.00. The molecule has 17 heteroatoms. The molecule has 248 valence electrons. The van der Waals surface area contributed by atoms with Gasteiger partial charge in [-0.25, -0.2) is 0 Å². The van der Waals surface area contributed by atoms with Gasteiger partial charge < -0.3 is 16.2 Å². The highest BCUT2D eigenvalue weighted by Crippen LogP contribution is 2.44. The van der Waals surface area contributed by atoms with E-state index in [-0.39, 0.29) is 29.9 Å². The molecule has 4 aromatic rings. The van der Waals surface area contributed by atoms with Crippen molar-refractivity contribution >= 4 is 71.5 Å². The number of nitrogens with two attached hydrogens (primary N) is 1. The van der Waals surface area contributed by atoms with E-state index < -0.39 is 58.7 Å². The fourth-order valence-electron chi connectivity index (χ4n) is 5.08. The van der Waals surface area contributed by atoms with Crippen LogP contribution in [0.25, 0.3) is 21.9 Å². The number of carbonyl (C=O) groups excluding carboxylic acids is 3. The number of fused-ring (bicyclic) bond motifs is 1. The van der Waals surface area contributed by atoms with Crippen LogP contribution >= 0.6 is 0 Å². The van der Waals surface area contributed by atoms with Crippen LogP contribution in [0.5, 0.6) is 5.75 Å². The Morgan fingerprint density at radius 2 is 1.38 bits per heavy atom. The molecule has 6 N–H and O–H groups in total. The van der Waals surface area contributed by atoms with Crippen LogP contribution in [0.2, 0.25) is 0 Å². The van der Waals surface area contributed by atoms with E-state index in [1.165, 1.54) is 6.07 Å². The SMILES string of the molecule is Cc1cc(-c2ccc(NC(=O)CCN3C(=O)C=CC3=O)c(C)c2)ccc1N=Nc1ccc2c(S(=O)(=O)O)cc(S(=O)(=O)O)c(N)c2c1O. The lowest BCUT2D eigenvalue weighted by Gasteiger charge is -2.14. The molecule has 1 aliphatic heterocycles. The standard InChI is InChI=1S/C31H27N5O10S2/c1-16-13-18(3-6-21(16)33-26(37)11-12-36-27(38)9-10-28(36)39)19-4-7-22(17(2)14-19)34-35-23-8-5-20-24(47(41,42)43)15-25(48(44,45)46)30(32)29(20)31(23)40/h3-10,13-15,40H,11-12,32H2,1-2H3,(H,33,37)(H,41,42,43)(H,44,45,46). The van der Waals surface area contributed by atoms with Gasteiger partial charge in [-0.1, -0.05) is 18.2 Å². The molecule has 0 radical (unpaired) electrons. The maximum absolute atomic E-state index is 12.5. The Hall–Kier alpha value is -5.49. The Morgan fingerprint density at radius 3 is 1.96 bits per heavy atom. The molecule has 0 unspecified atom stereocenters. The summed E-state index contributed by atoms with van der Waals surface area (Å²) in [5.41, 5.74) is 9.03. The van der Waals surface area contributed by atoms with Gasteiger partial charge >= 0.3 is 0 Å². The first-order valence-corrected chi connectivity index (χ1v) is 16.8. The van der Waals surface area contributed by atoms with Gasteiger partial charge in [0.15, 0.2) is 5.75 Å². The molecule has 0 saturated heterocycles. The number of nitrogens with zero attached hydrogens (tertiary/aromatic N) is 3. The first kappa shape index (κ1) is 33.9. The normalized spacial score (nSPS) is 13.6. The number of nitrogens with one attached hydrogen (secondary N) is 1. The maximum atomic E-state index is 12.5. The Balaban J connectivity index is 1.37. The quantitative estimate of drug-likeness (QED) is 0.0703. The highest BCUT2D eigenvalue weighted by molar-refractivity contribution is 7.87. The average molecular weight is 694 g/mol. The molecule has 4 aromatic carbocycles. The Morgan fingerprint density at radius 1 is 0.812 bits per heavy atom. The van der Waals surface area contributed by atoms with E-state index in [9.17, 15) is 45.4 Å². The van der Waals surface area contributed by atoms with Crippen LogP contribution in [0, 0.1) is 13.8 Å². The van der Waals surface area contributed by atoms with Gasteiger partial charge in [0, 0.05) is 36.2 Å². The Bertz CT molecular complexity index is 2320. The molecule has 15 nitrogen and oxygen atoms in total. The van der Waals surface area contributed by atoms with Crippen LogP contribution < -0.4 is 11.1 Å². The Labute approximate surface area is 273 Å². The number of amides is 3. The fraction of sp³-hybridized carbons (Fsp3) is 0.129. The number of anilines is 2. The molecule has 0 aliphatic carbocycles. The predicted octanol–water partition coefficient (Wildman–Crippen LogP) is 4.57. The van der Waals surface area contributed by atoms with Crippen molar-refractivity contribution in [2.24, 2.45) is 10.2 Å². The van der Waals surface area contributed by atoms with Crippen molar-refractivity contribution < 1.29 is 45.4 Å². The summed E-state index contributed by atoms with van der Waals surface area (Å²) in [6.07, 6.45) is 2.26. The molecule has 48 heavy (non-hydrogen) atoms. The van der Waals surface area contributed by atoms with Crippen molar-refractivity contribution in [1.29, 1.82) is 0 Å². The van der Waals surface area contributed by atoms with Crippen LogP contribution in [0.1, 0.15) is 17.5 Å². The van der Waals surface area contributed by atoms with Gasteiger partial charge in [-0.3, -0.25) is 28.4 Å². The summed E-state index contributed by atoms with van der Waals surface area (Å²) in [4.78, 5) is 34.9. The molecule has 0 bridgehead atoms. The van der Waals surface area contributed by atoms with Gasteiger partial charge in [-0.05, 0) is 72.5 Å². The van der Waals surface area contributed by atoms with Crippen LogP contribution in [0.3, 0.4) is 0 Å². The summed E-state index contributed by atoms with van der Waals surface area (Å²) in [5, 5.41) is 21.1. The summed E-state index contributed by atoms with van der Waals surface area (Å²) in [7, 11) is -10.1. The number of benzene rings is 4. The number of azo groups is 1. The van der Waals surface area contributed by atoms with Crippen molar-refractivity contribution in [3.63, 3.8) is 0 Å². The fourth-order valence-corrected chi connectivity index (χ4v) is 6.52. The number of hydrogen-bond donors (Lipinski definition) is 5. The third-order valence-electron chi connectivity index (χ3n) is 7.53. The maximum Gasteiger partial charge on any atom is 0.296 e. The third kappa shape index (κ3) is 6.79. The monoisotopic (exact) mass is 693 g/mol. The number of rotatable bonds is 9. The van der Waals surface area contributed by atoms with E-state index in [0.29, 0.717) is 23.0 Å². The molecule has 5 rings (SSSR count). The lowest BCUT2D eigenvalue weighted by Crippen LogP contribution is -2.33. The summed E-state index contributed by atoms with van der Waals surface area (Å²) >= 11 is 0. The summed E-state index contributed by atoms with van der Waals surface area (Å²) in [6.45, 7) is 3.54. The minimum atomic E-state index is -5.05. The van der Waals surface area contributed by atoms with Crippen LogP contribution in [0.4, 0.5) is 22.7 Å². The van der Waals surface area contributed by atoms with E-state index in [1.807, 2.05) is 19.1 Å². The number of phenolic OH excluding ortho intramolecular Hbond substituents is 1. The van der Waals surface area contributed by atoms with Gasteiger partial charge in [0.05, 0.1) is 16.8 Å². The molecule has 1 aliphatic rings. The van der Waals surface area contributed by atoms with Crippen molar-refractivity contribution in [2.45, 2.75) is 30.1 Å². The molecular weight excluding hydrogens is 667 g/mol. The minimum absolute atomic E-state index is 0.0327. The molecule has 0 aromatic heterocycles. The largest absolute Gasteiger partial charge is 0.505 e. The second-order valence-electron chi connectivity index (χ2n) is 10.8. The zero-order valence-electron chi connectivity index (χ0n) is 25.2. The highest BCUT2D eigenvalue weighted by Gasteiger charge is 2.27. The predicted molar refractivity (Wildman–Crippen MR) is 174 cm³/mol. The number of nitrogen functional groups attached to an aromatic ring is 1.